The Bertz CT molecular complexity index is 819. The minimum atomic E-state index is -1.46. The van der Waals surface area contributed by atoms with Crippen molar-refractivity contribution in [3.8, 4) is 0 Å². The van der Waals surface area contributed by atoms with Gasteiger partial charge >= 0.3 is 5.84 Å². The van der Waals surface area contributed by atoms with Crippen LogP contribution < -0.4 is 0 Å². The van der Waals surface area contributed by atoms with Crippen LogP contribution >= 0.6 is 0 Å². The van der Waals surface area contributed by atoms with Gasteiger partial charge in [-0.05, 0) is 10.5 Å². The van der Waals surface area contributed by atoms with Crippen molar-refractivity contribution < 1.29 is 14.6 Å². The standard InChI is InChI=1S/C16H10N2O4/c19-13-15(11-7-3-1-4-8-11)14(18(20)21)17-22-16(13,15)12-9-5-2-6-10-12/h1-10H. The first-order chi connectivity index (χ1) is 10.7. The van der Waals surface area contributed by atoms with Crippen LogP contribution in [-0.4, -0.2) is 16.5 Å². The molecule has 2 aliphatic rings. The number of carbonyl (C=O) groups excluding carboxylic acids is 1. The Hall–Kier alpha value is -3.02. The number of benzene rings is 2. The molecule has 2 atom stereocenters. The van der Waals surface area contributed by atoms with E-state index in [1.807, 2.05) is 0 Å². The lowest BCUT2D eigenvalue weighted by Crippen LogP contribution is -2.31. The van der Waals surface area contributed by atoms with Crippen molar-refractivity contribution >= 4 is 11.6 Å². The van der Waals surface area contributed by atoms with Crippen LogP contribution in [-0.2, 0) is 20.6 Å². The number of oxime groups is 1. The van der Waals surface area contributed by atoms with E-state index in [-0.39, 0.29) is 5.78 Å². The summed E-state index contributed by atoms with van der Waals surface area (Å²) in [6, 6.07) is 17.4. The smallest absolute Gasteiger partial charge is 0.358 e. The molecule has 6 nitrogen and oxygen atoms in total. The molecule has 1 aliphatic heterocycles. The maximum absolute atomic E-state index is 12.7. The largest absolute Gasteiger partial charge is 0.408 e. The Kier molecular flexibility index (Phi) is 2.31. The first kappa shape index (κ1) is 12.7. The van der Waals surface area contributed by atoms with E-state index in [9.17, 15) is 14.9 Å². The topological polar surface area (TPSA) is 81.8 Å². The molecule has 1 fully saturated rings. The predicted octanol–water partition coefficient (Wildman–Crippen LogP) is 2.02. The molecule has 1 saturated carbocycles. The van der Waals surface area contributed by atoms with Crippen LogP contribution in [0.25, 0.3) is 0 Å². The molecule has 0 spiro atoms. The van der Waals surface area contributed by atoms with E-state index in [4.69, 9.17) is 4.84 Å². The average Bonchev–Trinajstić information content (AvgIpc) is 2.92. The number of nitrogens with zero attached hydrogens (tertiary/aromatic N) is 2. The maximum Gasteiger partial charge on any atom is 0.408 e. The highest BCUT2D eigenvalue weighted by molar-refractivity contribution is 6.32. The molecule has 2 aromatic carbocycles. The normalized spacial score (nSPS) is 28.5. The number of rotatable bonds is 2. The molecule has 22 heavy (non-hydrogen) atoms. The van der Waals surface area contributed by atoms with Crippen LogP contribution in [0, 0.1) is 10.1 Å². The van der Waals surface area contributed by atoms with Crippen molar-refractivity contribution in [1.82, 2.24) is 0 Å². The van der Waals surface area contributed by atoms with Gasteiger partial charge in [0.05, 0.1) is 0 Å². The average molecular weight is 294 g/mol. The van der Waals surface area contributed by atoms with Crippen molar-refractivity contribution in [3.63, 3.8) is 0 Å². The molecular weight excluding hydrogens is 284 g/mol. The van der Waals surface area contributed by atoms with Crippen molar-refractivity contribution in [1.29, 1.82) is 0 Å². The Morgan fingerprint density at radius 2 is 1.50 bits per heavy atom. The summed E-state index contributed by atoms with van der Waals surface area (Å²) in [5.74, 6) is -0.799. The summed E-state index contributed by atoms with van der Waals surface area (Å²) < 4.78 is 0. The van der Waals surface area contributed by atoms with Crippen molar-refractivity contribution in [2.45, 2.75) is 11.0 Å². The molecule has 4 rings (SSSR count). The molecule has 108 valence electrons. The van der Waals surface area contributed by atoms with Gasteiger partial charge in [0.2, 0.25) is 11.2 Å². The summed E-state index contributed by atoms with van der Waals surface area (Å²) >= 11 is 0. The van der Waals surface area contributed by atoms with E-state index in [1.54, 1.807) is 60.7 Å². The highest BCUT2D eigenvalue weighted by atomic mass is 16.7. The van der Waals surface area contributed by atoms with Crippen molar-refractivity contribution in [2.24, 2.45) is 5.16 Å². The number of hydrogen-bond acceptors (Lipinski definition) is 5. The molecule has 1 aliphatic carbocycles. The molecule has 0 aromatic heterocycles. The number of Topliss-reactive ketones (excluding diaryl/α,β-unsaturated/α-hetero) is 1. The Morgan fingerprint density at radius 3 is 2.05 bits per heavy atom. The molecule has 0 bridgehead atoms. The second-order valence-corrected chi connectivity index (χ2v) is 5.26. The van der Waals surface area contributed by atoms with Gasteiger partial charge in [-0.2, -0.15) is 0 Å². The monoisotopic (exact) mass is 294 g/mol. The van der Waals surface area contributed by atoms with Gasteiger partial charge in [0.1, 0.15) is 0 Å². The van der Waals surface area contributed by atoms with Crippen LogP contribution in [0.15, 0.2) is 65.8 Å². The Morgan fingerprint density at radius 1 is 0.955 bits per heavy atom. The molecular formula is C16H10N2O4. The van der Waals surface area contributed by atoms with Gasteiger partial charge in [-0.1, -0.05) is 60.7 Å². The SMILES string of the molecule is O=C1C2(c3ccccc3)ON=C([N+](=O)[O-])C12c1ccccc1. The number of ketones is 1. The molecule has 0 saturated heterocycles. The molecule has 1 heterocycles. The summed E-state index contributed by atoms with van der Waals surface area (Å²) in [5.41, 5.74) is -1.78. The Balaban J connectivity index is 1.97. The third-order valence-corrected chi connectivity index (χ3v) is 4.29. The van der Waals surface area contributed by atoms with Crippen LogP contribution in [0.4, 0.5) is 0 Å². The first-order valence-electron chi connectivity index (χ1n) is 6.72. The van der Waals surface area contributed by atoms with E-state index in [0.717, 1.165) is 0 Å². The summed E-state index contributed by atoms with van der Waals surface area (Å²) in [4.78, 5) is 28.8. The van der Waals surface area contributed by atoms with Crippen LogP contribution in [0.1, 0.15) is 11.1 Å². The lowest BCUT2D eigenvalue weighted by Gasteiger charge is -2.11. The summed E-state index contributed by atoms with van der Waals surface area (Å²) in [5, 5.41) is 15.0. The molecule has 0 N–H and O–H groups in total. The van der Waals surface area contributed by atoms with Gasteiger partial charge < -0.3 is 10.1 Å². The fraction of sp³-hybridized carbons (Fsp3) is 0.125. The fourth-order valence-electron chi connectivity index (χ4n) is 3.30. The van der Waals surface area contributed by atoms with E-state index in [0.29, 0.717) is 11.1 Å². The predicted molar refractivity (Wildman–Crippen MR) is 76.8 cm³/mol. The van der Waals surface area contributed by atoms with Crippen molar-refractivity contribution in [2.75, 3.05) is 0 Å². The molecule has 0 amide bonds. The molecule has 6 heteroatoms. The van der Waals surface area contributed by atoms with Crippen molar-refractivity contribution in [3.05, 3.63) is 81.9 Å². The summed E-state index contributed by atoms with van der Waals surface area (Å²) in [6.07, 6.45) is 0. The van der Waals surface area contributed by atoms with Gasteiger partial charge in [-0.3, -0.25) is 9.63 Å². The Labute approximate surface area is 125 Å². The van der Waals surface area contributed by atoms with Gasteiger partial charge in [-0.15, -0.1) is 0 Å². The number of nitro groups is 1. The molecule has 2 aromatic rings. The first-order valence-corrected chi connectivity index (χ1v) is 6.72. The van der Waals surface area contributed by atoms with E-state index in [1.165, 1.54) is 0 Å². The number of amidine groups is 1. The van der Waals surface area contributed by atoms with Gasteiger partial charge in [-0.25, -0.2) is 0 Å². The van der Waals surface area contributed by atoms with E-state index < -0.39 is 21.8 Å². The zero-order valence-corrected chi connectivity index (χ0v) is 11.3. The van der Waals surface area contributed by atoms with Gasteiger partial charge in [0.15, 0.2) is 5.16 Å². The lowest BCUT2D eigenvalue weighted by molar-refractivity contribution is -0.355. The highest BCUT2D eigenvalue weighted by Crippen LogP contribution is 2.66. The fourth-order valence-corrected chi connectivity index (χ4v) is 3.30. The van der Waals surface area contributed by atoms with Crippen LogP contribution in [0.2, 0.25) is 0 Å². The molecule has 0 radical (unpaired) electrons. The molecule has 2 unspecified atom stereocenters. The quantitative estimate of drug-likeness (QED) is 0.626. The minimum absolute atomic E-state index is 0.348. The van der Waals surface area contributed by atoms with E-state index >= 15 is 0 Å². The lowest BCUT2D eigenvalue weighted by atomic mass is 9.88. The summed E-state index contributed by atoms with van der Waals surface area (Å²) in [7, 11) is 0. The second-order valence-electron chi connectivity index (χ2n) is 5.26. The number of hydrogen-bond donors (Lipinski definition) is 0. The van der Waals surface area contributed by atoms with Crippen LogP contribution in [0.5, 0.6) is 0 Å². The summed E-state index contributed by atoms with van der Waals surface area (Å²) in [6.45, 7) is 0. The maximum atomic E-state index is 12.7. The van der Waals surface area contributed by atoms with Gasteiger partial charge in [0.25, 0.3) is 5.60 Å². The van der Waals surface area contributed by atoms with Crippen LogP contribution in [0.3, 0.4) is 0 Å². The third kappa shape index (κ3) is 1.21. The third-order valence-electron chi connectivity index (χ3n) is 4.29. The zero-order chi connectivity index (χ0) is 15.4. The number of carbonyl (C=O) groups is 1. The number of fused-ring (bicyclic) bond motifs is 1. The highest BCUT2D eigenvalue weighted by Gasteiger charge is 2.94. The zero-order valence-electron chi connectivity index (χ0n) is 11.3. The van der Waals surface area contributed by atoms with Gasteiger partial charge in [0, 0.05) is 5.56 Å². The second kappa shape index (κ2) is 4.00. The minimum Gasteiger partial charge on any atom is -0.358 e. The van der Waals surface area contributed by atoms with E-state index in [2.05, 4.69) is 5.16 Å².